The minimum absolute atomic E-state index is 0.0537. The molecule has 0 spiro atoms. The number of rotatable bonds is 5. The van der Waals surface area contributed by atoms with Crippen LogP contribution < -0.4 is 0 Å². The van der Waals surface area contributed by atoms with Crippen molar-refractivity contribution in [1.82, 2.24) is 4.90 Å². The van der Waals surface area contributed by atoms with Crippen molar-refractivity contribution in [2.24, 2.45) is 0 Å². The molecule has 0 aliphatic heterocycles. The maximum atomic E-state index is 12.1. The third-order valence-electron chi connectivity index (χ3n) is 2.46. The third kappa shape index (κ3) is 3.80. The van der Waals surface area contributed by atoms with Gasteiger partial charge in [0.15, 0.2) is 0 Å². The van der Waals surface area contributed by atoms with E-state index in [0.29, 0.717) is 0 Å². The molecule has 0 bridgehead atoms. The van der Waals surface area contributed by atoms with Gasteiger partial charge in [-0.2, -0.15) is 0 Å². The number of aliphatic hydroxyl groups is 1. The monoisotopic (exact) mass is 257 g/mol. The van der Waals surface area contributed by atoms with Gasteiger partial charge >= 0.3 is 0 Å². The number of hydrogen-bond donors (Lipinski definition) is 1. The van der Waals surface area contributed by atoms with E-state index in [9.17, 15) is 9.90 Å². The molecule has 0 radical (unpaired) electrons. The van der Waals surface area contributed by atoms with Crippen LogP contribution >= 0.6 is 11.3 Å². The van der Waals surface area contributed by atoms with Gasteiger partial charge in [-0.15, -0.1) is 11.3 Å². The molecule has 1 amide bonds. The number of hydrogen-bond acceptors (Lipinski definition) is 4. The van der Waals surface area contributed by atoms with E-state index >= 15 is 0 Å². The van der Waals surface area contributed by atoms with Crippen molar-refractivity contribution in [1.29, 1.82) is 0 Å². The molecule has 0 saturated heterocycles. The van der Waals surface area contributed by atoms with E-state index in [4.69, 9.17) is 4.74 Å². The van der Waals surface area contributed by atoms with Crippen LogP contribution in [0.3, 0.4) is 0 Å². The minimum atomic E-state index is -0.644. The second-order valence-electron chi connectivity index (χ2n) is 4.12. The van der Waals surface area contributed by atoms with Crippen molar-refractivity contribution in [3.63, 3.8) is 0 Å². The summed E-state index contributed by atoms with van der Waals surface area (Å²) in [5.74, 6) is -0.0537. The van der Waals surface area contributed by atoms with E-state index in [1.165, 1.54) is 12.0 Å². The average molecular weight is 257 g/mol. The van der Waals surface area contributed by atoms with E-state index in [1.54, 1.807) is 18.4 Å². The molecule has 0 aliphatic rings. The van der Waals surface area contributed by atoms with Crippen LogP contribution in [0.1, 0.15) is 20.1 Å². The summed E-state index contributed by atoms with van der Waals surface area (Å²) in [6.45, 7) is 4.43. The van der Waals surface area contributed by atoms with Crippen LogP contribution in [0.25, 0.3) is 0 Å². The number of likely N-dealkylation sites (N-methyl/N-ethyl adjacent to an activating group) is 1. The summed E-state index contributed by atoms with van der Waals surface area (Å²) >= 11 is 1.61. The molecule has 0 fully saturated rings. The van der Waals surface area contributed by atoms with Crippen LogP contribution in [0.15, 0.2) is 6.07 Å². The van der Waals surface area contributed by atoms with Gasteiger partial charge in [0.2, 0.25) is 0 Å². The van der Waals surface area contributed by atoms with Crippen molar-refractivity contribution in [3.05, 3.63) is 21.4 Å². The first kappa shape index (κ1) is 14.2. The van der Waals surface area contributed by atoms with Crippen LogP contribution in [0, 0.1) is 13.8 Å². The highest BCUT2D eigenvalue weighted by molar-refractivity contribution is 7.12. The highest BCUT2D eigenvalue weighted by Gasteiger charge is 2.18. The molecule has 1 unspecified atom stereocenters. The van der Waals surface area contributed by atoms with Crippen LogP contribution in [0.2, 0.25) is 0 Å². The Hall–Kier alpha value is -0.910. The van der Waals surface area contributed by atoms with Gasteiger partial charge in [0, 0.05) is 30.5 Å². The molecule has 1 heterocycles. The zero-order valence-electron chi connectivity index (χ0n) is 10.7. The molecular weight excluding hydrogens is 238 g/mol. The number of amides is 1. The largest absolute Gasteiger partial charge is 0.389 e. The first-order valence-electron chi connectivity index (χ1n) is 5.45. The highest BCUT2D eigenvalue weighted by atomic mass is 32.1. The highest BCUT2D eigenvalue weighted by Crippen LogP contribution is 2.21. The van der Waals surface area contributed by atoms with Crippen molar-refractivity contribution < 1.29 is 14.6 Å². The van der Waals surface area contributed by atoms with Gasteiger partial charge in [0.05, 0.1) is 18.3 Å². The number of carbonyl (C=O) groups excluding carboxylic acids is 1. The molecule has 1 aromatic heterocycles. The predicted molar refractivity (Wildman–Crippen MR) is 68.6 cm³/mol. The van der Waals surface area contributed by atoms with Gasteiger partial charge in [-0.1, -0.05) is 0 Å². The maximum Gasteiger partial charge on any atom is 0.254 e. The Labute approximate surface area is 106 Å². The Morgan fingerprint density at radius 2 is 2.24 bits per heavy atom. The molecule has 1 atom stereocenters. The number of methoxy groups -OCH3 is 1. The van der Waals surface area contributed by atoms with Gasteiger partial charge < -0.3 is 14.7 Å². The Kier molecular flexibility index (Phi) is 5.11. The molecule has 0 aliphatic carbocycles. The number of ether oxygens (including phenoxy) is 1. The Morgan fingerprint density at radius 3 is 2.71 bits per heavy atom. The van der Waals surface area contributed by atoms with E-state index in [2.05, 4.69) is 0 Å². The lowest BCUT2D eigenvalue weighted by molar-refractivity contribution is 0.0380. The van der Waals surface area contributed by atoms with Gasteiger partial charge in [-0.25, -0.2) is 0 Å². The second-order valence-corrected chi connectivity index (χ2v) is 5.58. The van der Waals surface area contributed by atoms with E-state index in [-0.39, 0.29) is 19.1 Å². The number of aliphatic hydroxyl groups excluding tert-OH is 1. The minimum Gasteiger partial charge on any atom is -0.389 e. The third-order valence-corrected chi connectivity index (χ3v) is 3.43. The average Bonchev–Trinajstić information content (AvgIpc) is 2.56. The Morgan fingerprint density at radius 1 is 1.59 bits per heavy atom. The topological polar surface area (TPSA) is 49.8 Å². The second kappa shape index (κ2) is 6.14. The van der Waals surface area contributed by atoms with Crippen molar-refractivity contribution in [2.45, 2.75) is 20.0 Å². The first-order valence-corrected chi connectivity index (χ1v) is 6.26. The van der Waals surface area contributed by atoms with Crippen LogP contribution in [-0.4, -0.2) is 49.3 Å². The Balaban J connectivity index is 2.66. The zero-order chi connectivity index (χ0) is 13.0. The molecule has 0 aromatic carbocycles. The lowest BCUT2D eigenvalue weighted by Crippen LogP contribution is -2.36. The standard InChI is InChI=1S/C12H19NO3S/c1-8-5-11(9(2)17-8)12(15)13(3)6-10(14)7-16-4/h5,10,14H,6-7H2,1-4H3. The molecule has 17 heavy (non-hydrogen) atoms. The quantitative estimate of drug-likeness (QED) is 0.868. The number of nitrogens with zero attached hydrogens (tertiary/aromatic N) is 1. The van der Waals surface area contributed by atoms with Crippen LogP contribution in [0.4, 0.5) is 0 Å². The Bertz CT molecular complexity index is 389. The summed E-state index contributed by atoms with van der Waals surface area (Å²) in [6, 6.07) is 1.89. The van der Waals surface area contributed by atoms with Gasteiger partial charge in [0.1, 0.15) is 0 Å². The molecule has 1 rings (SSSR count). The van der Waals surface area contributed by atoms with Crippen molar-refractivity contribution in [2.75, 3.05) is 27.3 Å². The molecule has 1 N–H and O–H groups in total. The molecule has 1 aromatic rings. The summed E-state index contributed by atoms with van der Waals surface area (Å²) in [4.78, 5) is 15.8. The lowest BCUT2D eigenvalue weighted by Gasteiger charge is -2.20. The summed E-state index contributed by atoms with van der Waals surface area (Å²) in [5.41, 5.74) is 0.722. The predicted octanol–water partition coefficient (Wildman–Crippen LogP) is 1.44. The lowest BCUT2D eigenvalue weighted by atomic mass is 10.2. The van der Waals surface area contributed by atoms with Crippen molar-refractivity contribution in [3.8, 4) is 0 Å². The molecular formula is C12H19NO3S. The number of thiophene rings is 1. The molecule has 5 heteroatoms. The van der Waals surface area contributed by atoms with Crippen molar-refractivity contribution >= 4 is 17.2 Å². The van der Waals surface area contributed by atoms with Crippen LogP contribution in [0.5, 0.6) is 0 Å². The van der Waals surface area contributed by atoms with Crippen LogP contribution in [-0.2, 0) is 4.74 Å². The first-order chi connectivity index (χ1) is 7.95. The van der Waals surface area contributed by atoms with E-state index in [1.807, 2.05) is 19.9 Å². The van der Waals surface area contributed by atoms with E-state index in [0.717, 1.165) is 15.3 Å². The number of carbonyl (C=O) groups is 1. The molecule has 96 valence electrons. The van der Waals surface area contributed by atoms with E-state index < -0.39 is 6.10 Å². The summed E-state index contributed by atoms with van der Waals surface area (Å²) < 4.78 is 4.83. The number of aryl methyl sites for hydroxylation is 2. The smallest absolute Gasteiger partial charge is 0.254 e. The van der Waals surface area contributed by atoms with Gasteiger partial charge in [-0.05, 0) is 19.9 Å². The summed E-state index contributed by atoms with van der Waals surface area (Å²) in [6.07, 6.45) is -0.644. The summed E-state index contributed by atoms with van der Waals surface area (Å²) in [7, 11) is 3.21. The van der Waals surface area contributed by atoms with Gasteiger partial charge in [0.25, 0.3) is 5.91 Å². The zero-order valence-corrected chi connectivity index (χ0v) is 11.5. The molecule has 4 nitrogen and oxygen atoms in total. The fourth-order valence-corrected chi connectivity index (χ4v) is 2.61. The fraction of sp³-hybridized carbons (Fsp3) is 0.583. The van der Waals surface area contributed by atoms with Gasteiger partial charge in [-0.3, -0.25) is 4.79 Å². The molecule has 0 saturated carbocycles. The maximum absolute atomic E-state index is 12.1. The summed E-state index contributed by atoms with van der Waals surface area (Å²) in [5, 5.41) is 9.57. The fourth-order valence-electron chi connectivity index (χ4n) is 1.69. The normalized spacial score (nSPS) is 12.5. The SMILES string of the molecule is COCC(O)CN(C)C(=O)c1cc(C)sc1C.